The van der Waals surface area contributed by atoms with Crippen molar-refractivity contribution in [2.45, 2.75) is 45.8 Å². The lowest BCUT2D eigenvalue weighted by molar-refractivity contribution is 0.488. The Morgan fingerprint density at radius 3 is 2.24 bits per heavy atom. The average molecular weight is 255 g/mol. The Morgan fingerprint density at radius 2 is 1.76 bits per heavy atom. The van der Waals surface area contributed by atoms with Crippen molar-refractivity contribution in [3.05, 3.63) is 23.5 Å². The van der Waals surface area contributed by atoms with Crippen LogP contribution in [0.2, 0.25) is 18.1 Å². The van der Waals surface area contributed by atoms with E-state index < -0.39 is 8.32 Å². The highest BCUT2D eigenvalue weighted by Gasteiger charge is 2.39. The van der Waals surface area contributed by atoms with E-state index >= 15 is 0 Å². The molecule has 0 saturated carbocycles. The van der Waals surface area contributed by atoms with Crippen molar-refractivity contribution >= 4 is 14.0 Å². The lowest BCUT2D eigenvalue weighted by Crippen LogP contribution is -2.44. The number of anilines is 1. The maximum atomic E-state index is 13.5. The molecule has 4 heteroatoms. The zero-order chi connectivity index (χ0) is 13.4. The number of rotatable bonds is 2. The molecule has 0 fully saturated rings. The lowest BCUT2D eigenvalue weighted by Gasteiger charge is -2.36. The summed E-state index contributed by atoms with van der Waals surface area (Å²) in [4.78, 5) is 0. The fourth-order valence-electron chi connectivity index (χ4n) is 1.20. The molecule has 0 saturated heterocycles. The van der Waals surface area contributed by atoms with Crippen LogP contribution in [0.5, 0.6) is 5.75 Å². The summed E-state index contributed by atoms with van der Waals surface area (Å²) in [5, 5.41) is 0.0702. The van der Waals surface area contributed by atoms with Gasteiger partial charge in [-0.05, 0) is 36.7 Å². The molecule has 1 aromatic rings. The molecule has 0 aliphatic rings. The van der Waals surface area contributed by atoms with Gasteiger partial charge in [-0.2, -0.15) is 0 Å². The molecule has 0 atom stereocenters. The second kappa shape index (κ2) is 4.33. The molecule has 0 radical (unpaired) electrons. The number of hydrogen-bond acceptors (Lipinski definition) is 2. The van der Waals surface area contributed by atoms with E-state index in [1.54, 1.807) is 13.0 Å². The maximum absolute atomic E-state index is 13.5. The molecule has 1 aromatic carbocycles. The number of nitrogen functional groups attached to an aromatic ring is 1. The normalized spacial score (nSPS) is 12.6. The minimum absolute atomic E-state index is 0.0702. The minimum Gasteiger partial charge on any atom is -0.542 e. The predicted molar refractivity (Wildman–Crippen MR) is 73.4 cm³/mol. The van der Waals surface area contributed by atoms with E-state index in [2.05, 4.69) is 33.9 Å². The Balaban J connectivity index is 3.08. The van der Waals surface area contributed by atoms with Gasteiger partial charge >= 0.3 is 0 Å². The highest BCUT2D eigenvalue weighted by Crippen LogP contribution is 2.39. The van der Waals surface area contributed by atoms with Crippen LogP contribution < -0.4 is 10.2 Å². The molecule has 1 rings (SSSR count). The first-order valence-electron chi connectivity index (χ1n) is 5.79. The molecule has 0 amide bonds. The summed E-state index contributed by atoms with van der Waals surface area (Å²) in [6, 6.07) is 3.02. The van der Waals surface area contributed by atoms with Crippen LogP contribution in [0.3, 0.4) is 0 Å². The quantitative estimate of drug-likeness (QED) is 0.638. The average Bonchev–Trinajstić information content (AvgIpc) is 2.12. The molecule has 0 spiro atoms. The SMILES string of the molecule is Cc1cc(N)c(O[Si](C)(C)C(C)(C)C)cc1F. The van der Waals surface area contributed by atoms with Crippen LogP contribution >= 0.6 is 0 Å². The van der Waals surface area contributed by atoms with Crippen molar-refractivity contribution in [3.63, 3.8) is 0 Å². The number of nitrogens with two attached hydrogens (primary N) is 1. The molecule has 2 N–H and O–H groups in total. The van der Waals surface area contributed by atoms with Gasteiger partial charge < -0.3 is 10.2 Å². The van der Waals surface area contributed by atoms with Crippen LogP contribution in [0.4, 0.5) is 10.1 Å². The van der Waals surface area contributed by atoms with Gasteiger partial charge in [0.15, 0.2) is 0 Å². The van der Waals surface area contributed by atoms with Gasteiger partial charge in [0.1, 0.15) is 11.6 Å². The summed E-state index contributed by atoms with van der Waals surface area (Å²) in [6.07, 6.45) is 0. The minimum atomic E-state index is -1.96. The zero-order valence-electron chi connectivity index (χ0n) is 11.5. The second-order valence-electron chi connectivity index (χ2n) is 6.00. The summed E-state index contributed by atoms with van der Waals surface area (Å²) < 4.78 is 19.5. The highest BCUT2D eigenvalue weighted by atomic mass is 28.4. The molecule has 0 aliphatic heterocycles. The molecule has 0 bridgehead atoms. The molecule has 17 heavy (non-hydrogen) atoms. The first kappa shape index (κ1) is 14.0. The van der Waals surface area contributed by atoms with Crippen molar-refractivity contribution in [1.82, 2.24) is 0 Å². The van der Waals surface area contributed by atoms with E-state index in [1.807, 2.05) is 0 Å². The fourth-order valence-corrected chi connectivity index (χ4v) is 2.23. The fraction of sp³-hybridized carbons (Fsp3) is 0.538. The van der Waals surface area contributed by atoms with Crippen LogP contribution in [0.15, 0.2) is 12.1 Å². The first-order chi connectivity index (χ1) is 7.54. The van der Waals surface area contributed by atoms with Gasteiger partial charge in [-0.3, -0.25) is 0 Å². The molecule has 2 nitrogen and oxygen atoms in total. The van der Waals surface area contributed by atoms with E-state index in [4.69, 9.17) is 10.2 Å². The van der Waals surface area contributed by atoms with Gasteiger partial charge in [-0.25, -0.2) is 4.39 Å². The Hall–Kier alpha value is -1.03. The summed E-state index contributed by atoms with van der Waals surface area (Å²) in [7, 11) is -1.96. The van der Waals surface area contributed by atoms with Crippen molar-refractivity contribution in [2.75, 3.05) is 5.73 Å². The summed E-state index contributed by atoms with van der Waals surface area (Å²) >= 11 is 0. The third-order valence-electron chi connectivity index (χ3n) is 3.46. The van der Waals surface area contributed by atoms with E-state index in [1.165, 1.54) is 6.07 Å². The van der Waals surface area contributed by atoms with Crippen LogP contribution in [0.25, 0.3) is 0 Å². The zero-order valence-corrected chi connectivity index (χ0v) is 12.5. The van der Waals surface area contributed by atoms with Gasteiger partial charge in [0, 0.05) is 6.07 Å². The van der Waals surface area contributed by atoms with Crippen molar-refractivity contribution < 1.29 is 8.82 Å². The van der Waals surface area contributed by atoms with E-state index in [0.29, 0.717) is 17.0 Å². The summed E-state index contributed by atoms with van der Waals surface area (Å²) in [6.45, 7) is 12.3. The van der Waals surface area contributed by atoms with Crippen molar-refractivity contribution in [3.8, 4) is 5.75 Å². The number of benzene rings is 1. The Bertz CT molecular complexity index is 424. The topological polar surface area (TPSA) is 35.2 Å². The van der Waals surface area contributed by atoms with Crippen LogP contribution in [-0.2, 0) is 0 Å². The smallest absolute Gasteiger partial charge is 0.250 e. The Kier molecular flexibility index (Phi) is 3.57. The monoisotopic (exact) mass is 255 g/mol. The van der Waals surface area contributed by atoms with Gasteiger partial charge in [0.2, 0.25) is 0 Å². The molecule has 0 unspecified atom stereocenters. The van der Waals surface area contributed by atoms with Gasteiger partial charge in [-0.1, -0.05) is 20.8 Å². The molecular weight excluding hydrogens is 233 g/mol. The van der Waals surface area contributed by atoms with Gasteiger partial charge in [0.25, 0.3) is 8.32 Å². The van der Waals surface area contributed by atoms with Crippen molar-refractivity contribution in [1.29, 1.82) is 0 Å². The standard InChI is InChI=1S/C13H22FNOSi/c1-9-7-11(15)12(8-10(9)14)16-17(5,6)13(2,3)4/h7-8H,15H2,1-6H3. The third-order valence-corrected chi connectivity index (χ3v) is 7.80. The van der Waals surface area contributed by atoms with Gasteiger partial charge in [-0.15, -0.1) is 0 Å². The molecule has 0 heterocycles. The number of halogens is 1. The van der Waals surface area contributed by atoms with E-state index in [-0.39, 0.29) is 10.9 Å². The van der Waals surface area contributed by atoms with Crippen LogP contribution in [-0.4, -0.2) is 8.32 Å². The molecule has 0 aliphatic carbocycles. The molecule has 0 aromatic heterocycles. The third kappa shape index (κ3) is 3.00. The van der Waals surface area contributed by atoms with E-state index in [0.717, 1.165) is 0 Å². The predicted octanol–water partition coefficient (Wildman–Crippen LogP) is 4.10. The molecular formula is C13H22FNOSi. The Labute approximate surface area is 104 Å². The lowest BCUT2D eigenvalue weighted by atomic mass is 10.2. The van der Waals surface area contributed by atoms with Gasteiger partial charge in [0.05, 0.1) is 5.69 Å². The largest absolute Gasteiger partial charge is 0.542 e. The Morgan fingerprint density at radius 1 is 1.24 bits per heavy atom. The van der Waals surface area contributed by atoms with Crippen LogP contribution in [0, 0.1) is 12.7 Å². The maximum Gasteiger partial charge on any atom is 0.250 e. The van der Waals surface area contributed by atoms with E-state index in [9.17, 15) is 4.39 Å². The summed E-state index contributed by atoms with van der Waals surface area (Å²) in [5.74, 6) is 0.201. The number of hydrogen-bond donors (Lipinski definition) is 1. The van der Waals surface area contributed by atoms with Crippen molar-refractivity contribution in [2.24, 2.45) is 0 Å². The second-order valence-corrected chi connectivity index (χ2v) is 10.7. The molecule has 96 valence electrons. The number of aryl methyl sites for hydroxylation is 1. The first-order valence-corrected chi connectivity index (χ1v) is 8.70. The summed E-state index contributed by atoms with van der Waals surface area (Å²) in [5.41, 5.74) is 6.93. The highest BCUT2D eigenvalue weighted by molar-refractivity contribution is 6.74. The van der Waals surface area contributed by atoms with Crippen LogP contribution in [0.1, 0.15) is 26.3 Å².